The number of methoxy groups -OCH3 is 1. The molecule has 0 atom stereocenters. The largest absolute Gasteiger partial charge is 0.495 e. The first-order chi connectivity index (χ1) is 8.56. The summed E-state index contributed by atoms with van der Waals surface area (Å²) >= 11 is 0. The molecule has 2 N–H and O–H groups in total. The van der Waals surface area contributed by atoms with Gasteiger partial charge in [-0.2, -0.15) is 10.4 Å². The van der Waals surface area contributed by atoms with Crippen LogP contribution < -0.4 is 10.5 Å². The van der Waals surface area contributed by atoms with Gasteiger partial charge in [0, 0.05) is 18.7 Å². The van der Waals surface area contributed by atoms with Gasteiger partial charge in [-0.15, -0.1) is 0 Å². The Kier molecular flexibility index (Phi) is 2.94. The van der Waals surface area contributed by atoms with E-state index in [1.54, 1.807) is 31.0 Å². The molecule has 2 aromatic rings. The Labute approximate surface area is 105 Å². The van der Waals surface area contributed by atoms with Crippen LogP contribution in [0.15, 0.2) is 18.2 Å². The average molecular weight is 242 g/mol. The number of hydrogen-bond donors (Lipinski definition) is 1. The number of aromatic nitrogens is 2. The highest BCUT2D eigenvalue weighted by molar-refractivity contribution is 5.68. The second-order valence-corrected chi connectivity index (χ2v) is 4.06. The first-order valence-electron chi connectivity index (χ1n) is 5.45. The highest BCUT2D eigenvalue weighted by Crippen LogP contribution is 2.29. The fourth-order valence-electron chi connectivity index (χ4n) is 1.90. The molecule has 92 valence electrons. The number of hydrogen-bond acceptors (Lipinski definition) is 4. The lowest BCUT2D eigenvalue weighted by molar-refractivity contribution is 0.410. The van der Waals surface area contributed by atoms with Crippen molar-refractivity contribution in [2.45, 2.75) is 6.92 Å². The molecular formula is C13H14N4O. The summed E-state index contributed by atoms with van der Waals surface area (Å²) < 4.78 is 6.81. The Morgan fingerprint density at radius 3 is 2.61 bits per heavy atom. The standard InChI is InChI=1S/C13H14N4O/c1-8-4-9(5-10(7-14)13(8)18-3)11-6-12(15)17(2)16-11/h4-6H,15H2,1-3H3. The van der Waals surface area contributed by atoms with Crippen molar-refractivity contribution in [3.8, 4) is 23.1 Å². The lowest BCUT2D eigenvalue weighted by Crippen LogP contribution is -1.97. The summed E-state index contributed by atoms with van der Waals surface area (Å²) in [5, 5.41) is 13.4. The van der Waals surface area contributed by atoms with E-state index in [1.807, 2.05) is 13.0 Å². The summed E-state index contributed by atoms with van der Waals surface area (Å²) in [6, 6.07) is 7.60. The van der Waals surface area contributed by atoms with Crippen molar-refractivity contribution in [2.24, 2.45) is 7.05 Å². The number of nitrogen functional groups attached to an aromatic ring is 1. The molecule has 0 saturated carbocycles. The van der Waals surface area contributed by atoms with Gasteiger partial charge in [-0.05, 0) is 24.6 Å². The molecule has 0 bridgehead atoms. The highest BCUT2D eigenvalue weighted by atomic mass is 16.5. The molecule has 5 heteroatoms. The summed E-state index contributed by atoms with van der Waals surface area (Å²) in [6.45, 7) is 1.90. The number of anilines is 1. The minimum Gasteiger partial charge on any atom is -0.495 e. The zero-order chi connectivity index (χ0) is 13.3. The molecule has 0 spiro atoms. The molecule has 1 heterocycles. The van der Waals surface area contributed by atoms with Gasteiger partial charge < -0.3 is 10.5 Å². The van der Waals surface area contributed by atoms with E-state index >= 15 is 0 Å². The van der Waals surface area contributed by atoms with Crippen molar-refractivity contribution in [1.82, 2.24) is 9.78 Å². The number of ether oxygens (including phenoxy) is 1. The molecule has 0 unspecified atom stereocenters. The van der Waals surface area contributed by atoms with Crippen molar-refractivity contribution < 1.29 is 4.74 Å². The molecule has 0 saturated heterocycles. The quantitative estimate of drug-likeness (QED) is 0.871. The third kappa shape index (κ3) is 1.89. The minimum absolute atomic E-state index is 0.497. The zero-order valence-electron chi connectivity index (χ0n) is 10.6. The van der Waals surface area contributed by atoms with Gasteiger partial charge >= 0.3 is 0 Å². The molecule has 2 rings (SSSR count). The lowest BCUT2D eigenvalue weighted by Gasteiger charge is -2.08. The summed E-state index contributed by atoms with van der Waals surface area (Å²) in [4.78, 5) is 0. The predicted molar refractivity (Wildman–Crippen MR) is 69.1 cm³/mol. The fraction of sp³-hybridized carbons (Fsp3) is 0.231. The Bertz CT molecular complexity index is 618. The first kappa shape index (κ1) is 12.0. The average Bonchev–Trinajstić information content (AvgIpc) is 2.68. The van der Waals surface area contributed by atoms with Crippen LogP contribution >= 0.6 is 0 Å². The van der Waals surface area contributed by atoms with Gasteiger partial charge in [-0.3, -0.25) is 4.68 Å². The van der Waals surface area contributed by atoms with Gasteiger partial charge in [0.15, 0.2) is 0 Å². The van der Waals surface area contributed by atoms with E-state index in [0.717, 1.165) is 16.8 Å². The molecule has 1 aromatic carbocycles. The van der Waals surface area contributed by atoms with Crippen LogP contribution in [0.25, 0.3) is 11.3 Å². The van der Waals surface area contributed by atoms with Crippen molar-refractivity contribution >= 4 is 5.82 Å². The van der Waals surface area contributed by atoms with Gasteiger partial charge in [0.25, 0.3) is 0 Å². The Morgan fingerprint density at radius 2 is 2.11 bits per heavy atom. The van der Waals surface area contributed by atoms with Gasteiger partial charge in [-0.25, -0.2) is 0 Å². The Hall–Kier alpha value is -2.48. The second-order valence-electron chi connectivity index (χ2n) is 4.06. The topological polar surface area (TPSA) is 76.9 Å². The van der Waals surface area contributed by atoms with Crippen LogP contribution in [0, 0.1) is 18.3 Å². The van der Waals surface area contributed by atoms with Crippen molar-refractivity contribution in [1.29, 1.82) is 5.26 Å². The minimum atomic E-state index is 0.497. The molecular weight excluding hydrogens is 228 g/mol. The van der Waals surface area contributed by atoms with Gasteiger partial charge in [0.05, 0.1) is 18.4 Å². The van der Waals surface area contributed by atoms with Crippen LogP contribution in [-0.2, 0) is 7.05 Å². The Morgan fingerprint density at radius 1 is 1.39 bits per heavy atom. The van der Waals surface area contributed by atoms with E-state index in [4.69, 9.17) is 15.7 Å². The number of nitrogens with zero attached hydrogens (tertiary/aromatic N) is 3. The summed E-state index contributed by atoms with van der Waals surface area (Å²) in [7, 11) is 3.34. The maximum atomic E-state index is 9.12. The van der Waals surface area contributed by atoms with Gasteiger partial charge in [0.1, 0.15) is 17.6 Å². The molecule has 5 nitrogen and oxygen atoms in total. The normalized spacial score (nSPS) is 10.1. The van der Waals surface area contributed by atoms with E-state index < -0.39 is 0 Å². The van der Waals surface area contributed by atoms with Crippen LogP contribution in [0.5, 0.6) is 5.75 Å². The van der Waals surface area contributed by atoms with Crippen LogP contribution in [0.3, 0.4) is 0 Å². The van der Waals surface area contributed by atoms with E-state index in [-0.39, 0.29) is 0 Å². The van der Waals surface area contributed by atoms with Crippen LogP contribution in [0.2, 0.25) is 0 Å². The number of rotatable bonds is 2. The number of benzene rings is 1. The monoisotopic (exact) mass is 242 g/mol. The first-order valence-corrected chi connectivity index (χ1v) is 5.45. The third-order valence-corrected chi connectivity index (χ3v) is 2.81. The fourth-order valence-corrected chi connectivity index (χ4v) is 1.90. The van der Waals surface area contributed by atoms with Crippen molar-refractivity contribution in [3.05, 3.63) is 29.3 Å². The second kappa shape index (κ2) is 4.41. The molecule has 0 aliphatic carbocycles. The molecule has 0 amide bonds. The van der Waals surface area contributed by atoms with E-state index in [0.29, 0.717) is 17.1 Å². The number of aryl methyl sites for hydroxylation is 2. The smallest absolute Gasteiger partial charge is 0.139 e. The maximum absolute atomic E-state index is 9.12. The summed E-state index contributed by atoms with van der Waals surface area (Å²) in [5.41, 5.74) is 8.76. The van der Waals surface area contributed by atoms with E-state index in [1.165, 1.54) is 0 Å². The van der Waals surface area contributed by atoms with E-state index in [9.17, 15) is 0 Å². The highest BCUT2D eigenvalue weighted by Gasteiger charge is 2.12. The summed E-state index contributed by atoms with van der Waals surface area (Å²) in [5.74, 6) is 1.18. The van der Waals surface area contributed by atoms with Crippen molar-refractivity contribution in [3.63, 3.8) is 0 Å². The molecule has 0 aliphatic heterocycles. The zero-order valence-corrected chi connectivity index (χ0v) is 10.6. The van der Waals surface area contributed by atoms with Crippen LogP contribution in [0.1, 0.15) is 11.1 Å². The lowest BCUT2D eigenvalue weighted by atomic mass is 10.0. The number of nitrogens with two attached hydrogens (primary N) is 1. The maximum Gasteiger partial charge on any atom is 0.139 e. The predicted octanol–water partition coefficient (Wildman–Crippen LogP) is 1.86. The third-order valence-electron chi connectivity index (χ3n) is 2.81. The van der Waals surface area contributed by atoms with Crippen molar-refractivity contribution in [2.75, 3.05) is 12.8 Å². The SMILES string of the molecule is COc1c(C)cc(-c2cc(N)n(C)n2)cc1C#N. The number of nitriles is 1. The van der Waals surface area contributed by atoms with E-state index in [2.05, 4.69) is 11.2 Å². The Balaban J connectivity index is 2.60. The van der Waals surface area contributed by atoms with Crippen LogP contribution in [-0.4, -0.2) is 16.9 Å². The molecule has 1 aromatic heterocycles. The molecule has 0 fully saturated rings. The van der Waals surface area contributed by atoms with Gasteiger partial charge in [0.2, 0.25) is 0 Å². The molecule has 0 radical (unpaired) electrons. The molecule has 0 aliphatic rings. The summed E-state index contributed by atoms with van der Waals surface area (Å²) in [6.07, 6.45) is 0. The van der Waals surface area contributed by atoms with Gasteiger partial charge in [-0.1, -0.05) is 0 Å². The van der Waals surface area contributed by atoms with Crippen LogP contribution in [0.4, 0.5) is 5.82 Å². The molecule has 18 heavy (non-hydrogen) atoms.